The van der Waals surface area contributed by atoms with Crippen LogP contribution in [-0.4, -0.2) is 12.1 Å². The molecule has 8 heteroatoms. The molecule has 0 saturated carbocycles. The zero-order valence-electron chi connectivity index (χ0n) is 13.9. The number of halogens is 1. The third-order valence-corrected chi connectivity index (χ3v) is 3.94. The van der Waals surface area contributed by atoms with E-state index in [1.165, 1.54) is 7.11 Å². The highest BCUT2D eigenvalue weighted by Crippen LogP contribution is 2.32. The Labute approximate surface area is 159 Å². The van der Waals surface area contributed by atoms with Gasteiger partial charge in [-0.2, -0.15) is 15.8 Å². The lowest BCUT2D eigenvalue weighted by Crippen LogP contribution is -2.00. The summed E-state index contributed by atoms with van der Waals surface area (Å²) < 4.78 is 10.9. The molecule has 130 valence electrons. The largest absolute Gasteiger partial charge is 0.495 e. The molecule has 0 aliphatic rings. The second-order valence-electron chi connectivity index (χ2n) is 5.26. The topological polar surface area (TPSA) is 119 Å². The van der Waals surface area contributed by atoms with E-state index < -0.39 is 0 Å². The van der Waals surface area contributed by atoms with E-state index in [1.54, 1.807) is 54.6 Å². The minimum atomic E-state index is -0.300. The zero-order chi connectivity index (χ0) is 19.4. The van der Waals surface area contributed by atoms with E-state index in [2.05, 4.69) is 10.3 Å². The molecule has 3 aromatic rings. The lowest BCUT2D eigenvalue weighted by molar-refractivity contribution is 0.415. The van der Waals surface area contributed by atoms with E-state index in [-0.39, 0.29) is 11.3 Å². The highest BCUT2D eigenvalue weighted by atomic mass is 35.5. The maximum atomic E-state index is 9.13. The summed E-state index contributed by atoms with van der Waals surface area (Å²) in [7, 11) is 1.53. The van der Waals surface area contributed by atoms with Gasteiger partial charge in [0.05, 0.1) is 12.1 Å². The Morgan fingerprint density at radius 1 is 1.11 bits per heavy atom. The molecule has 27 heavy (non-hydrogen) atoms. The average Bonchev–Trinajstić information content (AvgIpc) is 3.11. The van der Waals surface area contributed by atoms with Crippen LogP contribution in [0.1, 0.15) is 0 Å². The number of ether oxygens (including phenoxy) is 1. The van der Waals surface area contributed by atoms with Crippen LogP contribution in [0, 0.1) is 34.0 Å². The van der Waals surface area contributed by atoms with Crippen molar-refractivity contribution in [3.05, 3.63) is 52.7 Å². The fraction of sp³-hybridized carbons (Fsp3) is 0.0526. The molecule has 0 saturated heterocycles. The number of hydrogen-bond acceptors (Lipinski definition) is 7. The van der Waals surface area contributed by atoms with Gasteiger partial charge in [-0.15, -0.1) is 0 Å². The zero-order valence-corrected chi connectivity index (χ0v) is 14.7. The average molecular weight is 376 g/mol. The Balaban J connectivity index is 1.98. The molecular formula is C19H10ClN5O2. The summed E-state index contributed by atoms with van der Waals surface area (Å²) in [5.74, 6) is 0.919. The molecule has 1 N–H and O–H groups in total. The van der Waals surface area contributed by atoms with E-state index in [0.717, 1.165) is 0 Å². The number of aromatic nitrogens is 1. The summed E-state index contributed by atoms with van der Waals surface area (Å²) in [5.41, 5.74) is 1.81. The van der Waals surface area contributed by atoms with Crippen molar-refractivity contribution in [3.8, 4) is 35.4 Å². The fourth-order valence-electron chi connectivity index (χ4n) is 2.36. The molecule has 0 aliphatic heterocycles. The van der Waals surface area contributed by atoms with Crippen LogP contribution in [0.15, 0.2) is 52.1 Å². The lowest BCUT2D eigenvalue weighted by Gasteiger charge is -2.03. The minimum Gasteiger partial charge on any atom is -0.495 e. The molecule has 0 aliphatic carbocycles. The van der Waals surface area contributed by atoms with E-state index in [4.69, 9.17) is 36.5 Å². The van der Waals surface area contributed by atoms with Gasteiger partial charge in [0.25, 0.3) is 0 Å². The van der Waals surface area contributed by atoms with Crippen LogP contribution < -0.4 is 10.1 Å². The van der Waals surface area contributed by atoms with Crippen molar-refractivity contribution in [1.29, 1.82) is 15.8 Å². The van der Waals surface area contributed by atoms with Crippen molar-refractivity contribution < 1.29 is 9.15 Å². The van der Waals surface area contributed by atoms with Crippen LogP contribution in [-0.2, 0) is 0 Å². The SMILES string of the molecule is COc1ccc(-c2nc3cc(NC(C#N)=C(C#N)C#N)ccc3o2)cc1Cl. The first-order valence-electron chi connectivity index (χ1n) is 7.55. The van der Waals surface area contributed by atoms with Gasteiger partial charge in [-0.1, -0.05) is 11.6 Å². The van der Waals surface area contributed by atoms with Crippen molar-refractivity contribution in [2.45, 2.75) is 0 Å². The second-order valence-corrected chi connectivity index (χ2v) is 5.67. The molecule has 0 atom stereocenters. The summed E-state index contributed by atoms with van der Waals surface area (Å²) in [6.07, 6.45) is 0. The molecule has 3 rings (SSSR count). The van der Waals surface area contributed by atoms with Crippen LogP contribution in [0.4, 0.5) is 5.69 Å². The molecule has 0 bridgehead atoms. The van der Waals surface area contributed by atoms with Crippen LogP contribution in [0.2, 0.25) is 5.02 Å². The van der Waals surface area contributed by atoms with Crippen molar-refractivity contribution in [2.24, 2.45) is 0 Å². The molecular weight excluding hydrogens is 366 g/mol. The highest BCUT2D eigenvalue weighted by molar-refractivity contribution is 6.32. The minimum absolute atomic E-state index is 0.134. The van der Waals surface area contributed by atoms with Crippen LogP contribution in [0.25, 0.3) is 22.6 Å². The highest BCUT2D eigenvalue weighted by Gasteiger charge is 2.12. The maximum Gasteiger partial charge on any atom is 0.227 e. The number of oxazole rings is 1. The fourth-order valence-corrected chi connectivity index (χ4v) is 2.61. The van der Waals surface area contributed by atoms with Gasteiger partial charge in [-0.25, -0.2) is 4.98 Å². The monoisotopic (exact) mass is 375 g/mol. The normalized spacial score (nSPS) is 9.74. The van der Waals surface area contributed by atoms with Gasteiger partial charge in [-0.05, 0) is 36.4 Å². The van der Waals surface area contributed by atoms with E-state index in [0.29, 0.717) is 39.0 Å². The smallest absolute Gasteiger partial charge is 0.227 e. The van der Waals surface area contributed by atoms with Crippen LogP contribution in [0.5, 0.6) is 5.75 Å². The number of hydrogen-bond donors (Lipinski definition) is 1. The predicted octanol–water partition coefficient (Wildman–Crippen LogP) is 4.39. The third-order valence-electron chi connectivity index (χ3n) is 3.64. The number of methoxy groups -OCH3 is 1. The summed E-state index contributed by atoms with van der Waals surface area (Å²) in [6.45, 7) is 0. The number of benzene rings is 2. The number of allylic oxidation sites excluding steroid dienone is 2. The van der Waals surface area contributed by atoms with Gasteiger partial charge in [-0.3, -0.25) is 0 Å². The van der Waals surface area contributed by atoms with Crippen molar-refractivity contribution in [3.63, 3.8) is 0 Å². The van der Waals surface area contributed by atoms with Gasteiger partial charge < -0.3 is 14.5 Å². The van der Waals surface area contributed by atoms with Crippen molar-refractivity contribution in [1.82, 2.24) is 4.98 Å². The van der Waals surface area contributed by atoms with Gasteiger partial charge in [0.15, 0.2) is 11.2 Å². The summed E-state index contributed by atoms with van der Waals surface area (Å²) >= 11 is 6.14. The molecule has 0 spiro atoms. The summed E-state index contributed by atoms with van der Waals surface area (Å²) in [6, 6.07) is 15.3. The van der Waals surface area contributed by atoms with Gasteiger partial charge in [0.1, 0.15) is 35.2 Å². The Kier molecular flexibility index (Phi) is 4.95. The van der Waals surface area contributed by atoms with E-state index in [1.807, 2.05) is 0 Å². The molecule has 2 aromatic carbocycles. The first-order valence-corrected chi connectivity index (χ1v) is 7.93. The van der Waals surface area contributed by atoms with E-state index >= 15 is 0 Å². The Morgan fingerprint density at radius 2 is 1.89 bits per heavy atom. The van der Waals surface area contributed by atoms with Crippen LogP contribution in [0.3, 0.4) is 0 Å². The third kappa shape index (κ3) is 3.52. The van der Waals surface area contributed by atoms with Crippen LogP contribution >= 0.6 is 11.6 Å². The number of nitrogens with zero attached hydrogens (tertiary/aromatic N) is 4. The molecule has 7 nitrogen and oxygen atoms in total. The van der Waals surface area contributed by atoms with Crippen molar-refractivity contribution in [2.75, 3.05) is 12.4 Å². The Hall–Kier alpha value is -3.99. The number of nitriles is 3. The number of rotatable bonds is 4. The Morgan fingerprint density at radius 3 is 2.52 bits per heavy atom. The number of fused-ring (bicyclic) bond motifs is 1. The molecule has 1 heterocycles. The predicted molar refractivity (Wildman–Crippen MR) is 98.5 cm³/mol. The summed E-state index contributed by atoms with van der Waals surface area (Å²) in [5, 5.41) is 30.1. The number of nitrogens with one attached hydrogen (secondary N) is 1. The molecule has 0 amide bonds. The first kappa shape index (κ1) is 17.8. The van der Waals surface area contributed by atoms with Gasteiger partial charge in [0.2, 0.25) is 5.89 Å². The van der Waals surface area contributed by atoms with Crippen molar-refractivity contribution >= 4 is 28.4 Å². The molecule has 0 unspecified atom stereocenters. The van der Waals surface area contributed by atoms with Gasteiger partial charge >= 0.3 is 0 Å². The second kappa shape index (κ2) is 7.49. The first-order chi connectivity index (χ1) is 13.1. The van der Waals surface area contributed by atoms with Gasteiger partial charge in [0, 0.05) is 11.3 Å². The van der Waals surface area contributed by atoms with E-state index in [9.17, 15) is 0 Å². The quantitative estimate of drug-likeness (QED) is 0.671. The Bertz CT molecular complexity index is 1180. The standard InChI is InChI=1S/C19H10ClN5O2/c1-26-17-4-2-11(6-14(17)20)19-25-15-7-13(3-5-18(15)27-19)24-16(10-23)12(8-21)9-22/h2-7,24H,1H3. The molecule has 1 aromatic heterocycles. The maximum absolute atomic E-state index is 9.13. The number of anilines is 1. The summed E-state index contributed by atoms with van der Waals surface area (Å²) in [4.78, 5) is 4.42. The molecule has 0 fully saturated rings. The molecule has 0 radical (unpaired) electrons. The lowest BCUT2D eigenvalue weighted by atomic mass is 10.2.